The maximum Gasteiger partial charge on any atom is 0.255 e. The highest BCUT2D eigenvalue weighted by atomic mass is 35.5. The van der Waals surface area contributed by atoms with Gasteiger partial charge in [-0.2, -0.15) is 4.98 Å². The molecular weight excluding hydrogens is 787 g/mol. The van der Waals surface area contributed by atoms with E-state index in [0.717, 1.165) is 11.3 Å². The first-order valence-electron chi connectivity index (χ1n) is 19.2. The number of halogens is 2. The minimum Gasteiger partial charge on any atom is -0.489 e. The number of aryl methyl sites for hydroxylation is 1. The molecule has 306 valence electrons. The van der Waals surface area contributed by atoms with Crippen molar-refractivity contribution in [3.05, 3.63) is 87.8 Å². The maximum atomic E-state index is 15.9. The molecule has 0 bridgehead atoms. The highest BCUT2D eigenvalue weighted by molar-refractivity contribution is 7.92. The minimum atomic E-state index is -3.60. The van der Waals surface area contributed by atoms with E-state index in [-0.39, 0.29) is 64.2 Å². The van der Waals surface area contributed by atoms with Crippen molar-refractivity contribution < 1.29 is 31.9 Å². The molecule has 1 atom stereocenters. The lowest BCUT2D eigenvalue weighted by atomic mass is 10.0. The molecule has 3 aliphatic heterocycles. The first-order chi connectivity index (χ1) is 27.6. The molecule has 58 heavy (non-hydrogen) atoms. The second-order valence-corrected chi connectivity index (χ2v) is 18.1. The first-order valence-corrected chi connectivity index (χ1v) is 21.2. The Balaban J connectivity index is 1.04. The number of sulfone groups is 1. The molecule has 0 aliphatic carbocycles. The molecule has 1 unspecified atom stereocenters. The lowest BCUT2D eigenvalue weighted by Gasteiger charge is -2.37. The Hall–Kier alpha value is -5.32. The van der Waals surface area contributed by atoms with Crippen molar-refractivity contribution in [2.75, 3.05) is 41.7 Å². The van der Waals surface area contributed by atoms with E-state index in [0.29, 0.717) is 55.4 Å². The van der Waals surface area contributed by atoms with Gasteiger partial charge in [-0.15, -0.1) is 0 Å². The van der Waals surface area contributed by atoms with Gasteiger partial charge in [0.05, 0.1) is 40.4 Å². The van der Waals surface area contributed by atoms with Gasteiger partial charge in [-0.3, -0.25) is 24.6 Å². The second kappa shape index (κ2) is 16.5. The van der Waals surface area contributed by atoms with Crippen LogP contribution in [0.15, 0.2) is 59.6 Å². The number of piperidine rings is 1. The van der Waals surface area contributed by atoms with Crippen molar-refractivity contribution in [1.82, 2.24) is 25.1 Å². The van der Waals surface area contributed by atoms with Gasteiger partial charge in [-0.25, -0.2) is 17.8 Å². The maximum absolute atomic E-state index is 15.9. The third-order valence-electron chi connectivity index (χ3n) is 10.6. The number of hydrogen-bond donors (Lipinski definition) is 3. The molecule has 3 N–H and O–H groups in total. The third kappa shape index (κ3) is 8.31. The van der Waals surface area contributed by atoms with E-state index in [1.54, 1.807) is 50.2 Å². The fourth-order valence-electron chi connectivity index (χ4n) is 7.46. The number of nitrogens with one attached hydrogen (secondary N) is 3. The van der Waals surface area contributed by atoms with E-state index in [9.17, 15) is 22.8 Å². The van der Waals surface area contributed by atoms with Crippen LogP contribution in [0.4, 0.5) is 33.2 Å². The fraction of sp³-hybridized carbons (Fsp3) is 0.390. The van der Waals surface area contributed by atoms with Gasteiger partial charge in [-0.05, 0) is 70.9 Å². The number of aromatic nitrogens is 2. The molecule has 0 saturated carbocycles. The van der Waals surface area contributed by atoms with E-state index in [2.05, 4.69) is 35.7 Å². The van der Waals surface area contributed by atoms with E-state index in [1.165, 1.54) is 11.1 Å². The van der Waals surface area contributed by atoms with Crippen LogP contribution in [0.5, 0.6) is 5.75 Å². The number of fused-ring (bicyclic) bond motifs is 1. The number of anilines is 5. The van der Waals surface area contributed by atoms with Crippen LogP contribution in [-0.4, -0.2) is 89.5 Å². The molecular formula is C41H46ClFN8O6S. The van der Waals surface area contributed by atoms with Crippen molar-refractivity contribution in [2.24, 2.45) is 0 Å². The summed E-state index contributed by atoms with van der Waals surface area (Å²) < 4.78 is 48.3. The molecule has 0 radical (unpaired) electrons. The lowest BCUT2D eigenvalue weighted by Crippen LogP contribution is -2.52. The Morgan fingerprint density at radius 2 is 1.74 bits per heavy atom. The molecule has 2 saturated heterocycles. The van der Waals surface area contributed by atoms with Gasteiger partial charge < -0.3 is 25.2 Å². The van der Waals surface area contributed by atoms with Gasteiger partial charge in [0.2, 0.25) is 17.8 Å². The number of rotatable bonds is 12. The van der Waals surface area contributed by atoms with E-state index < -0.39 is 38.8 Å². The molecule has 2 fully saturated rings. The molecule has 3 amide bonds. The summed E-state index contributed by atoms with van der Waals surface area (Å²) in [6.45, 7) is 12.2. The summed E-state index contributed by atoms with van der Waals surface area (Å²) in [5.74, 6) is -0.707. The highest BCUT2D eigenvalue weighted by Crippen LogP contribution is 2.38. The van der Waals surface area contributed by atoms with E-state index >= 15 is 4.39 Å². The van der Waals surface area contributed by atoms with Crippen LogP contribution in [0, 0.1) is 12.7 Å². The van der Waals surface area contributed by atoms with Crippen LogP contribution in [-0.2, 0) is 32.5 Å². The summed E-state index contributed by atoms with van der Waals surface area (Å²) in [6, 6.07) is 13.0. The quantitative estimate of drug-likeness (QED) is 0.140. The predicted molar refractivity (Wildman–Crippen MR) is 219 cm³/mol. The summed E-state index contributed by atoms with van der Waals surface area (Å²) in [4.78, 5) is 52.2. The molecule has 3 aromatic carbocycles. The van der Waals surface area contributed by atoms with Crippen molar-refractivity contribution in [1.29, 1.82) is 0 Å². The number of carbonyl (C=O) groups is 3. The summed E-state index contributed by atoms with van der Waals surface area (Å²) in [5, 5.41) is 8.22. The SMILES string of the molecule is Cc1cc(Nc2ncc(Cl)c(Nc3ccccc3S(=O)(=O)C(C)C)n2)c(OC(C)C)cc1N1CCN(Cc2ccc3c(c2F)CN(C2CCC(=O)NC2=O)C3=O)CC1. The highest BCUT2D eigenvalue weighted by Gasteiger charge is 2.40. The Kier molecular flexibility index (Phi) is 11.6. The van der Waals surface area contributed by atoms with Crippen molar-refractivity contribution in [3.8, 4) is 5.75 Å². The summed E-state index contributed by atoms with van der Waals surface area (Å²) in [6.07, 6.45) is 1.64. The Morgan fingerprint density at radius 1 is 1.00 bits per heavy atom. The lowest BCUT2D eigenvalue weighted by molar-refractivity contribution is -0.136. The van der Waals surface area contributed by atoms with Gasteiger partial charge in [-0.1, -0.05) is 29.8 Å². The van der Waals surface area contributed by atoms with E-state index in [1.807, 2.05) is 32.9 Å². The number of hydrogen-bond acceptors (Lipinski definition) is 12. The van der Waals surface area contributed by atoms with Crippen LogP contribution in [0.2, 0.25) is 5.02 Å². The molecule has 1 aromatic heterocycles. The van der Waals surface area contributed by atoms with Gasteiger partial charge in [0.25, 0.3) is 5.91 Å². The Labute approximate surface area is 342 Å². The molecule has 7 rings (SSSR count). The van der Waals surface area contributed by atoms with E-state index in [4.69, 9.17) is 16.3 Å². The van der Waals surface area contributed by atoms with Gasteiger partial charge >= 0.3 is 0 Å². The number of carbonyl (C=O) groups excluding carboxylic acids is 3. The predicted octanol–water partition coefficient (Wildman–Crippen LogP) is 6.12. The van der Waals surface area contributed by atoms with Crippen molar-refractivity contribution in [2.45, 2.75) is 82.8 Å². The average Bonchev–Trinajstić information content (AvgIpc) is 3.51. The monoisotopic (exact) mass is 832 g/mol. The minimum absolute atomic E-state index is 0.0135. The second-order valence-electron chi connectivity index (χ2n) is 15.3. The number of amides is 3. The van der Waals surface area contributed by atoms with Crippen molar-refractivity contribution in [3.63, 3.8) is 0 Å². The fourth-order valence-corrected chi connectivity index (χ4v) is 8.80. The largest absolute Gasteiger partial charge is 0.489 e. The van der Waals surface area contributed by atoms with Gasteiger partial charge in [0.15, 0.2) is 15.7 Å². The molecule has 14 nitrogen and oxygen atoms in total. The summed E-state index contributed by atoms with van der Waals surface area (Å²) in [7, 11) is -3.60. The summed E-state index contributed by atoms with van der Waals surface area (Å²) in [5.41, 5.74) is 3.96. The van der Waals surface area contributed by atoms with Crippen LogP contribution in [0.25, 0.3) is 0 Å². The normalized spacial score (nSPS) is 17.5. The van der Waals surface area contributed by atoms with Crippen LogP contribution in [0.3, 0.4) is 0 Å². The zero-order chi connectivity index (χ0) is 41.5. The molecule has 4 aromatic rings. The number of benzene rings is 3. The molecule has 4 heterocycles. The smallest absolute Gasteiger partial charge is 0.255 e. The van der Waals surface area contributed by atoms with Crippen LogP contribution in [0.1, 0.15) is 67.6 Å². The van der Waals surface area contributed by atoms with Gasteiger partial charge in [0, 0.05) is 67.6 Å². The standard InChI is InChI=1S/C41H46ClFN8O6S/c1-23(2)57-34-19-33(25(5)18-31(34)46-41-44-20-29(42)38(48-41)45-30-8-6-7-9-35(30)58(55,56)24(3)4)50-16-14-49(15-17-50)21-26-10-11-27-28(37(26)43)22-51(40(27)54)32-12-13-36(52)47-39(32)53/h6-11,18-20,23-24,32H,12-17,21-22H2,1-5H3,(H,47,52,53)(H2,44,45,46,48). The Bertz CT molecular complexity index is 2390. The first kappa shape index (κ1) is 40.9. The number of imide groups is 1. The number of nitrogens with zero attached hydrogens (tertiary/aromatic N) is 5. The number of para-hydroxylation sites is 1. The average molecular weight is 833 g/mol. The zero-order valence-electron chi connectivity index (χ0n) is 32.9. The topological polar surface area (TPSA) is 166 Å². The summed E-state index contributed by atoms with van der Waals surface area (Å²) >= 11 is 6.49. The molecule has 0 spiro atoms. The molecule has 17 heteroatoms. The van der Waals surface area contributed by atoms with Crippen LogP contribution < -0.4 is 25.6 Å². The van der Waals surface area contributed by atoms with Gasteiger partial charge in [0.1, 0.15) is 22.6 Å². The Morgan fingerprint density at radius 3 is 2.45 bits per heavy atom. The molecule has 3 aliphatic rings. The zero-order valence-corrected chi connectivity index (χ0v) is 34.5. The van der Waals surface area contributed by atoms with Crippen LogP contribution >= 0.6 is 11.6 Å². The number of piperazine rings is 1. The third-order valence-corrected chi connectivity index (χ3v) is 13.0. The number of ether oxygens (including phenoxy) is 1. The van der Waals surface area contributed by atoms with Crippen molar-refractivity contribution >= 4 is 68.0 Å².